The van der Waals surface area contributed by atoms with Crippen molar-refractivity contribution >= 4 is 17.3 Å². The Hall–Kier alpha value is -2.68. The van der Waals surface area contributed by atoms with Gasteiger partial charge in [0.25, 0.3) is 0 Å². The molecule has 0 radical (unpaired) electrons. The van der Waals surface area contributed by atoms with Crippen LogP contribution in [0.1, 0.15) is 40.9 Å². The smallest absolute Gasteiger partial charge is 0.221 e. The number of nitrogens with one attached hydrogen (secondary N) is 1. The molecular formula is C19H17NO2. The lowest BCUT2D eigenvalue weighted by Gasteiger charge is -2.09. The van der Waals surface area contributed by atoms with E-state index in [0.29, 0.717) is 11.3 Å². The molecule has 0 saturated carbocycles. The van der Waals surface area contributed by atoms with Crippen LogP contribution in [0.4, 0.5) is 0 Å². The fourth-order valence-electron chi connectivity index (χ4n) is 2.78. The van der Waals surface area contributed by atoms with Gasteiger partial charge in [0.1, 0.15) is 0 Å². The Kier molecular flexibility index (Phi) is 3.63. The minimum Gasteiger partial charge on any atom is -0.322 e. The van der Waals surface area contributed by atoms with Crippen molar-refractivity contribution in [3.8, 4) is 0 Å². The van der Waals surface area contributed by atoms with E-state index in [-0.39, 0.29) is 11.7 Å². The molecule has 0 bridgehead atoms. The van der Waals surface area contributed by atoms with Crippen LogP contribution in [0, 0.1) is 0 Å². The molecule has 0 atom stereocenters. The zero-order valence-electron chi connectivity index (χ0n) is 12.6. The number of rotatable bonds is 3. The molecule has 3 heteroatoms. The number of benzene rings is 2. The van der Waals surface area contributed by atoms with Crippen molar-refractivity contribution in [2.24, 2.45) is 0 Å². The van der Waals surface area contributed by atoms with Gasteiger partial charge >= 0.3 is 0 Å². The van der Waals surface area contributed by atoms with Crippen LogP contribution in [0.3, 0.4) is 0 Å². The molecule has 3 nitrogen and oxygen atoms in total. The minimum absolute atomic E-state index is 0.125. The average molecular weight is 291 g/mol. The molecule has 2 aromatic rings. The van der Waals surface area contributed by atoms with Crippen molar-refractivity contribution in [2.45, 2.75) is 20.3 Å². The summed E-state index contributed by atoms with van der Waals surface area (Å²) >= 11 is 0. The van der Waals surface area contributed by atoms with E-state index in [1.807, 2.05) is 30.3 Å². The monoisotopic (exact) mass is 291 g/mol. The third-order valence-electron chi connectivity index (χ3n) is 3.87. The van der Waals surface area contributed by atoms with Crippen LogP contribution in [-0.4, -0.2) is 11.7 Å². The van der Waals surface area contributed by atoms with Crippen molar-refractivity contribution in [3.05, 3.63) is 76.5 Å². The quantitative estimate of drug-likeness (QED) is 0.942. The molecule has 1 amide bonds. The van der Waals surface area contributed by atoms with Crippen molar-refractivity contribution in [1.29, 1.82) is 0 Å². The summed E-state index contributed by atoms with van der Waals surface area (Å²) in [5, 5.41) is 2.71. The Morgan fingerprint density at radius 3 is 2.23 bits per heavy atom. The number of hydrogen-bond acceptors (Lipinski definition) is 2. The lowest BCUT2D eigenvalue weighted by atomic mass is 9.97. The summed E-state index contributed by atoms with van der Waals surface area (Å²) < 4.78 is 0. The summed E-state index contributed by atoms with van der Waals surface area (Å²) in [6.45, 7) is 3.52. The van der Waals surface area contributed by atoms with Gasteiger partial charge in [0.05, 0.1) is 5.70 Å². The summed E-state index contributed by atoms with van der Waals surface area (Å²) in [5.74, 6) is -0.362. The predicted molar refractivity (Wildman–Crippen MR) is 86.4 cm³/mol. The van der Waals surface area contributed by atoms with E-state index in [1.54, 1.807) is 6.07 Å². The van der Waals surface area contributed by atoms with Gasteiger partial charge in [0, 0.05) is 18.1 Å². The highest BCUT2D eigenvalue weighted by Crippen LogP contribution is 2.36. The Labute approximate surface area is 129 Å². The van der Waals surface area contributed by atoms with Crippen LogP contribution in [0.25, 0.3) is 5.57 Å². The van der Waals surface area contributed by atoms with Gasteiger partial charge in [-0.25, -0.2) is 0 Å². The van der Waals surface area contributed by atoms with Crippen LogP contribution in [0.2, 0.25) is 0 Å². The first-order valence-corrected chi connectivity index (χ1v) is 7.37. The van der Waals surface area contributed by atoms with Gasteiger partial charge in [-0.2, -0.15) is 0 Å². The third kappa shape index (κ3) is 2.35. The second-order valence-corrected chi connectivity index (χ2v) is 5.36. The number of amides is 1. The van der Waals surface area contributed by atoms with E-state index in [1.165, 1.54) is 12.5 Å². The highest BCUT2D eigenvalue weighted by atomic mass is 16.2. The van der Waals surface area contributed by atoms with Gasteiger partial charge in [-0.05, 0) is 23.1 Å². The van der Waals surface area contributed by atoms with Crippen LogP contribution in [0.5, 0.6) is 0 Å². The van der Waals surface area contributed by atoms with Crippen molar-refractivity contribution in [1.82, 2.24) is 5.32 Å². The van der Waals surface area contributed by atoms with Gasteiger partial charge in [-0.15, -0.1) is 0 Å². The molecule has 0 aliphatic heterocycles. The van der Waals surface area contributed by atoms with Crippen LogP contribution in [0.15, 0.2) is 54.2 Å². The standard InChI is InChI=1S/C19H17NO2/c1-3-13-8-10-14(11-9-13)17-15-6-4-5-7-16(15)19(22)18(17)20-12(2)21/h4-11H,3H2,1-2H3,(H,20,21,22). The Balaban J connectivity index is 2.18. The number of carbonyl (C=O) groups is 2. The number of ketones is 1. The Bertz CT molecular complexity index is 785. The second kappa shape index (κ2) is 5.60. The first-order chi connectivity index (χ1) is 10.6. The van der Waals surface area contributed by atoms with Crippen LogP contribution >= 0.6 is 0 Å². The fraction of sp³-hybridized carbons (Fsp3) is 0.158. The molecule has 1 aliphatic rings. The number of fused-ring (bicyclic) bond motifs is 1. The topological polar surface area (TPSA) is 46.2 Å². The number of allylic oxidation sites excluding steroid dienone is 1. The number of carbonyl (C=O) groups excluding carboxylic acids is 2. The first kappa shape index (κ1) is 14.3. The van der Waals surface area contributed by atoms with E-state index in [2.05, 4.69) is 24.4 Å². The van der Waals surface area contributed by atoms with Crippen LogP contribution in [-0.2, 0) is 11.2 Å². The molecule has 0 heterocycles. The maximum absolute atomic E-state index is 12.6. The second-order valence-electron chi connectivity index (χ2n) is 5.36. The molecule has 1 N–H and O–H groups in total. The molecule has 110 valence electrons. The molecule has 0 fully saturated rings. The van der Waals surface area contributed by atoms with Gasteiger partial charge in [-0.1, -0.05) is 55.5 Å². The third-order valence-corrected chi connectivity index (χ3v) is 3.87. The lowest BCUT2D eigenvalue weighted by Crippen LogP contribution is -2.23. The summed E-state index contributed by atoms with van der Waals surface area (Å²) in [6.07, 6.45) is 0.966. The fourth-order valence-corrected chi connectivity index (χ4v) is 2.78. The van der Waals surface area contributed by atoms with Gasteiger partial charge < -0.3 is 5.32 Å². The summed E-state index contributed by atoms with van der Waals surface area (Å²) in [4.78, 5) is 24.0. The SMILES string of the molecule is CCc1ccc(C2=C(NC(C)=O)C(=O)c3ccccc32)cc1. The highest BCUT2D eigenvalue weighted by Gasteiger charge is 2.30. The number of hydrogen-bond donors (Lipinski definition) is 1. The van der Waals surface area contributed by atoms with Crippen molar-refractivity contribution in [3.63, 3.8) is 0 Å². The molecule has 0 saturated heterocycles. The maximum Gasteiger partial charge on any atom is 0.221 e. The molecule has 3 rings (SSSR count). The molecule has 22 heavy (non-hydrogen) atoms. The average Bonchev–Trinajstić information content (AvgIpc) is 2.80. The Morgan fingerprint density at radius 1 is 1.00 bits per heavy atom. The predicted octanol–water partition coefficient (Wildman–Crippen LogP) is 3.34. The molecule has 0 aromatic heterocycles. The van der Waals surface area contributed by atoms with Gasteiger partial charge in [-0.3, -0.25) is 9.59 Å². The van der Waals surface area contributed by atoms with E-state index in [0.717, 1.165) is 23.1 Å². The van der Waals surface area contributed by atoms with E-state index < -0.39 is 0 Å². The van der Waals surface area contributed by atoms with Crippen molar-refractivity contribution < 1.29 is 9.59 Å². The van der Waals surface area contributed by atoms with E-state index in [9.17, 15) is 9.59 Å². The summed E-state index contributed by atoms with van der Waals surface area (Å²) in [6, 6.07) is 15.6. The minimum atomic E-state index is -0.237. The van der Waals surface area contributed by atoms with Crippen LogP contribution < -0.4 is 5.32 Å². The summed E-state index contributed by atoms with van der Waals surface area (Å²) in [5.41, 5.74) is 4.88. The van der Waals surface area contributed by atoms with Gasteiger partial charge in [0.2, 0.25) is 11.7 Å². The maximum atomic E-state index is 12.6. The molecule has 1 aliphatic carbocycles. The normalized spacial score (nSPS) is 13.3. The van der Waals surface area contributed by atoms with E-state index >= 15 is 0 Å². The number of Topliss-reactive ketones (excluding diaryl/α,β-unsaturated/α-hetero) is 1. The molecular weight excluding hydrogens is 274 g/mol. The largest absolute Gasteiger partial charge is 0.322 e. The zero-order valence-corrected chi connectivity index (χ0v) is 12.6. The molecule has 0 spiro atoms. The molecule has 0 unspecified atom stereocenters. The van der Waals surface area contributed by atoms with E-state index in [4.69, 9.17) is 0 Å². The number of aryl methyl sites for hydroxylation is 1. The first-order valence-electron chi connectivity index (χ1n) is 7.37. The highest BCUT2D eigenvalue weighted by molar-refractivity contribution is 6.23. The van der Waals surface area contributed by atoms with Gasteiger partial charge in [0.15, 0.2) is 0 Å². The molecule has 2 aromatic carbocycles. The summed E-state index contributed by atoms with van der Waals surface area (Å²) in [7, 11) is 0. The zero-order chi connectivity index (χ0) is 15.7. The Morgan fingerprint density at radius 2 is 1.64 bits per heavy atom. The van der Waals surface area contributed by atoms with Crippen molar-refractivity contribution in [2.75, 3.05) is 0 Å². The lowest BCUT2D eigenvalue weighted by molar-refractivity contribution is -0.118.